The molecule has 0 amide bonds. The third kappa shape index (κ3) is 4.44. The van der Waals surface area contributed by atoms with Crippen LogP contribution in [0.25, 0.3) is 86.9 Å². The highest BCUT2D eigenvalue weighted by Gasteiger charge is 2.18. The molecule has 11 rings (SSSR count). The van der Waals surface area contributed by atoms with Gasteiger partial charge in [0, 0.05) is 33.2 Å². The monoisotopic (exact) mass is 661 g/mol. The van der Waals surface area contributed by atoms with Crippen LogP contribution in [-0.2, 0) is 0 Å². The molecule has 0 spiro atoms. The average Bonchev–Trinajstić information content (AvgIpc) is 3.60. The highest BCUT2D eigenvalue weighted by molar-refractivity contribution is 6.34. The largest absolute Gasteiger partial charge is 0.456 e. The van der Waals surface area contributed by atoms with Crippen molar-refractivity contribution < 1.29 is 4.42 Å². The normalized spacial score (nSPS) is 11.8. The number of fused-ring (bicyclic) bond motifs is 12. The van der Waals surface area contributed by atoms with Crippen molar-refractivity contribution in [3.05, 3.63) is 188 Å². The van der Waals surface area contributed by atoms with E-state index in [1.165, 1.54) is 70.4 Å². The molecule has 1 heterocycles. The Hall–Kier alpha value is -6.90. The first-order chi connectivity index (χ1) is 25.8. The molecule has 0 bridgehead atoms. The quantitative estimate of drug-likeness (QED) is 0.175. The van der Waals surface area contributed by atoms with Gasteiger partial charge in [-0.25, -0.2) is 0 Å². The highest BCUT2D eigenvalue weighted by Crippen LogP contribution is 2.44. The van der Waals surface area contributed by atoms with E-state index in [1.54, 1.807) is 0 Å². The summed E-state index contributed by atoms with van der Waals surface area (Å²) in [5.74, 6) is 0. The molecule has 0 unspecified atom stereocenters. The lowest BCUT2D eigenvalue weighted by Crippen LogP contribution is -2.09. The number of furan rings is 1. The van der Waals surface area contributed by atoms with Gasteiger partial charge in [0.2, 0.25) is 0 Å². The van der Waals surface area contributed by atoms with E-state index in [0.29, 0.717) is 0 Å². The van der Waals surface area contributed by atoms with Gasteiger partial charge < -0.3 is 9.32 Å². The van der Waals surface area contributed by atoms with E-state index < -0.39 is 0 Å². The molecule has 0 fully saturated rings. The Morgan fingerprint density at radius 3 is 1.52 bits per heavy atom. The van der Waals surface area contributed by atoms with Crippen LogP contribution in [-0.4, -0.2) is 0 Å². The van der Waals surface area contributed by atoms with Crippen molar-refractivity contribution in [1.29, 1.82) is 0 Å². The van der Waals surface area contributed by atoms with Gasteiger partial charge in [-0.2, -0.15) is 0 Å². The predicted octanol–water partition coefficient (Wildman–Crippen LogP) is 14.5. The second kappa shape index (κ2) is 11.3. The van der Waals surface area contributed by atoms with Crippen molar-refractivity contribution in [2.75, 3.05) is 4.90 Å². The molecule has 0 aliphatic carbocycles. The maximum atomic E-state index is 6.35. The molecule has 0 N–H and O–H groups in total. The van der Waals surface area contributed by atoms with E-state index in [1.807, 2.05) is 6.07 Å². The van der Waals surface area contributed by atoms with Crippen molar-refractivity contribution in [3.63, 3.8) is 0 Å². The van der Waals surface area contributed by atoms with Gasteiger partial charge in [-0.3, -0.25) is 0 Å². The van der Waals surface area contributed by atoms with Crippen molar-refractivity contribution >= 4 is 92.9 Å². The van der Waals surface area contributed by atoms with E-state index in [0.717, 1.165) is 33.6 Å². The molecular weight excluding hydrogens is 631 g/mol. The van der Waals surface area contributed by atoms with E-state index in [2.05, 4.69) is 187 Å². The Bertz CT molecular complexity index is 3110. The fraction of sp³-hybridized carbons (Fsp3) is 0. The summed E-state index contributed by atoms with van der Waals surface area (Å²) in [6.45, 7) is 0. The van der Waals surface area contributed by atoms with Crippen LogP contribution in [0.15, 0.2) is 192 Å². The van der Waals surface area contributed by atoms with Crippen LogP contribution in [0.1, 0.15) is 0 Å². The van der Waals surface area contributed by atoms with Crippen LogP contribution in [0, 0.1) is 0 Å². The first kappa shape index (κ1) is 28.9. The summed E-state index contributed by atoms with van der Waals surface area (Å²) in [7, 11) is 0. The van der Waals surface area contributed by atoms with Gasteiger partial charge in [0.1, 0.15) is 11.2 Å². The maximum Gasteiger partial charge on any atom is 0.136 e. The SMILES string of the molecule is c1ccc2cc(N(c3ccc(-c4ccc5c6ccccc6c6c(ccc7oc8ccccc8c76)c5c4)cc3)c3ccc4ccccc4c3)ccc2c1. The third-order valence-corrected chi connectivity index (χ3v) is 10.8. The Morgan fingerprint density at radius 1 is 0.288 bits per heavy atom. The zero-order chi connectivity index (χ0) is 34.2. The summed E-state index contributed by atoms with van der Waals surface area (Å²) >= 11 is 0. The Kier molecular flexibility index (Phi) is 6.28. The van der Waals surface area contributed by atoms with E-state index in [9.17, 15) is 0 Å². The molecule has 0 saturated carbocycles. The standard InChI is InChI=1S/C50H31NO/c1-3-11-35-29-39(24-19-32(35)9-1)51(40-25-20-33-10-2-4-12-36(33)30-40)38-22-17-34(18-23-38)37-21-26-42-41-13-5-6-14-43(41)49-44(46(42)31-37)27-28-48-50(49)45-15-7-8-16-47(45)52-48/h1-31H. The summed E-state index contributed by atoms with van der Waals surface area (Å²) in [6.07, 6.45) is 0. The summed E-state index contributed by atoms with van der Waals surface area (Å²) in [4.78, 5) is 2.36. The second-order valence-corrected chi connectivity index (χ2v) is 13.7. The van der Waals surface area contributed by atoms with E-state index in [-0.39, 0.29) is 0 Å². The first-order valence-electron chi connectivity index (χ1n) is 17.8. The van der Waals surface area contributed by atoms with Gasteiger partial charge in [-0.05, 0) is 120 Å². The predicted molar refractivity (Wildman–Crippen MR) is 221 cm³/mol. The lowest BCUT2D eigenvalue weighted by atomic mass is 9.90. The van der Waals surface area contributed by atoms with Crippen LogP contribution in [0.4, 0.5) is 17.1 Å². The molecule has 0 saturated heterocycles. The first-order valence-corrected chi connectivity index (χ1v) is 17.8. The number of hydrogen-bond acceptors (Lipinski definition) is 2. The third-order valence-electron chi connectivity index (χ3n) is 10.8. The smallest absolute Gasteiger partial charge is 0.136 e. The molecule has 11 aromatic rings. The van der Waals surface area contributed by atoms with Crippen molar-refractivity contribution in [2.24, 2.45) is 0 Å². The maximum absolute atomic E-state index is 6.35. The summed E-state index contributed by atoms with van der Waals surface area (Å²) in [5, 5.41) is 14.8. The number of nitrogens with zero attached hydrogens (tertiary/aromatic N) is 1. The molecule has 0 radical (unpaired) electrons. The number of anilines is 3. The number of hydrogen-bond donors (Lipinski definition) is 0. The van der Waals surface area contributed by atoms with Crippen LogP contribution < -0.4 is 4.90 Å². The minimum absolute atomic E-state index is 0.921. The lowest BCUT2D eigenvalue weighted by molar-refractivity contribution is 0.669. The highest BCUT2D eigenvalue weighted by atomic mass is 16.3. The molecule has 242 valence electrons. The second-order valence-electron chi connectivity index (χ2n) is 13.7. The molecule has 1 aromatic heterocycles. The van der Waals surface area contributed by atoms with Crippen molar-refractivity contribution in [3.8, 4) is 11.1 Å². The Labute approximate surface area is 300 Å². The van der Waals surface area contributed by atoms with Crippen molar-refractivity contribution in [2.45, 2.75) is 0 Å². The van der Waals surface area contributed by atoms with Crippen LogP contribution in [0.3, 0.4) is 0 Å². The molecule has 0 aliphatic heterocycles. The average molecular weight is 662 g/mol. The number of benzene rings is 10. The summed E-state index contributed by atoms with van der Waals surface area (Å²) in [6, 6.07) is 68.1. The lowest BCUT2D eigenvalue weighted by Gasteiger charge is -2.26. The Balaban J connectivity index is 1.08. The van der Waals surface area contributed by atoms with Gasteiger partial charge in [-0.1, -0.05) is 127 Å². The van der Waals surface area contributed by atoms with Crippen molar-refractivity contribution in [1.82, 2.24) is 0 Å². The zero-order valence-electron chi connectivity index (χ0n) is 28.3. The fourth-order valence-electron chi connectivity index (χ4n) is 8.32. The molecule has 0 aliphatic rings. The number of rotatable bonds is 4. The van der Waals surface area contributed by atoms with Crippen LogP contribution in [0.5, 0.6) is 0 Å². The van der Waals surface area contributed by atoms with Gasteiger partial charge >= 0.3 is 0 Å². The fourth-order valence-corrected chi connectivity index (χ4v) is 8.32. The molecule has 10 aromatic carbocycles. The minimum Gasteiger partial charge on any atom is -0.456 e. The van der Waals surface area contributed by atoms with E-state index in [4.69, 9.17) is 4.42 Å². The molecule has 0 atom stereocenters. The van der Waals surface area contributed by atoms with Gasteiger partial charge in [0.25, 0.3) is 0 Å². The molecular formula is C50H31NO. The van der Waals surface area contributed by atoms with Gasteiger partial charge in [0.05, 0.1) is 0 Å². The Morgan fingerprint density at radius 2 is 0.808 bits per heavy atom. The molecule has 2 nitrogen and oxygen atoms in total. The number of para-hydroxylation sites is 1. The summed E-state index contributed by atoms with van der Waals surface area (Å²) in [5.41, 5.74) is 7.58. The zero-order valence-corrected chi connectivity index (χ0v) is 28.3. The van der Waals surface area contributed by atoms with Gasteiger partial charge in [0.15, 0.2) is 0 Å². The minimum atomic E-state index is 0.921. The van der Waals surface area contributed by atoms with E-state index >= 15 is 0 Å². The van der Waals surface area contributed by atoms with Gasteiger partial charge in [-0.15, -0.1) is 0 Å². The molecule has 2 heteroatoms. The summed E-state index contributed by atoms with van der Waals surface area (Å²) < 4.78 is 6.35. The topological polar surface area (TPSA) is 16.4 Å². The van der Waals surface area contributed by atoms with Crippen LogP contribution in [0.2, 0.25) is 0 Å². The molecule has 52 heavy (non-hydrogen) atoms. The van der Waals surface area contributed by atoms with Crippen LogP contribution >= 0.6 is 0 Å².